The Bertz CT molecular complexity index is 574. The molecule has 2 N–H and O–H groups in total. The first-order valence-electron chi connectivity index (χ1n) is 6.50. The summed E-state index contributed by atoms with van der Waals surface area (Å²) < 4.78 is 37.6. The van der Waals surface area contributed by atoms with Crippen molar-refractivity contribution in [3.05, 3.63) is 18.2 Å². The van der Waals surface area contributed by atoms with Gasteiger partial charge in [-0.3, -0.25) is 0 Å². The molecule has 0 bridgehead atoms. The molecule has 0 radical (unpaired) electrons. The third-order valence-electron chi connectivity index (χ3n) is 3.22. The zero-order valence-corrected chi connectivity index (χ0v) is 12.5. The zero-order chi connectivity index (χ0) is 14.8. The quantitative estimate of drug-likeness (QED) is 0.845. The van der Waals surface area contributed by atoms with E-state index in [1.54, 1.807) is 12.1 Å². The van der Waals surface area contributed by atoms with Gasteiger partial charge >= 0.3 is 0 Å². The lowest BCUT2D eigenvalue weighted by molar-refractivity contribution is 0.0752. The molecule has 1 aromatic carbocycles. The normalized spacial score (nSPS) is 21.4. The number of benzene rings is 1. The van der Waals surface area contributed by atoms with Crippen molar-refractivity contribution in [2.45, 2.75) is 24.3 Å². The molecule has 0 saturated carbocycles. The average Bonchev–Trinajstić information content (AvgIpc) is 2.64. The lowest BCUT2D eigenvalue weighted by Crippen LogP contribution is -2.36. The predicted octanol–water partition coefficient (Wildman–Crippen LogP) is 1.08. The number of hydrogen-bond acceptors (Lipinski definition) is 5. The van der Waals surface area contributed by atoms with Crippen LogP contribution < -0.4 is 10.5 Å². The third kappa shape index (κ3) is 3.05. The Morgan fingerprint density at radius 3 is 2.90 bits per heavy atom. The number of nitrogen functional groups attached to an aromatic ring is 1. The van der Waals surface area contributed by atoms with Crippen molar-refractivity contribution in [1.82, 2.24) is 4.31 Å². The van der Waals surface area contributed by atoms with E-state index in [1.165, 1.54) is 17.5 Å². The third-order valence-corrected chi connectivity index (χ3v) is 5.11. The fourth-order valence-corrected chi connectivity index (χ4v) is 3.95. The maximum Gasteiger partial charge on any atom is 0.246 e. The van der Waals surface area contributed by atoms with Crippen LogP contribution in [0.3, 0.4) is 0 Å². The Morgan fingerprint density at radius 1 is 1.45 bits per heavy atom. The van der Waals surface area contributed by atoms with Crippen LogP contribution in [0.2, 0.25) is 0 Å². The first-order valence-corrected chi connectivity index (χ1v) is 7.94. The second-order valence-electron chi connectivity index (χ2n) is 4.81. The minimum absolute atomic E-state index is 0.106. The molecule has 6 nitrogen and oxygen atoms in total. The highest BCUT2D eigenvalue weighted by Crippen LogP contribution is 2.29. The summed E-state index contributed by atoms with van der Waals surface area (Å²) >= 11 is 0. The molecule has 1 aliphatic heterocycles. The van der Waals surface area contributed by atoms with Crippen LogP contribution in [-0.2, 0) is 14.8 Å². The van der Waals surface area contributed by atoms with Crippen LogP contribution in [0.1, 0.15) is 13.3 Å². The Kier molecular flexibility index (Phi) is 4.52. The van der Waals surface area contributed by atoms with Gasteiger partial charge in [-0.25, -0.2) is 8.42 Å². The number of anilines is 1. The highest BCUT2D eigenvalue weighted by molar-refractivity contribution is 7.89. The van der Waals surface area contributed by atoms with Gasteiger partial charge in [0.1, 0.15) is 10.6 Å². The van der Waals surface area contributed by atoms with E-state index in [9.17, 15) is 8.42 Å². The van der Waals surface area contributed by atoms with Crippen LogP contribution in [0.5, 0.6) is 5.75 Å². The minimum atomic E-state index is -3.64. The Labute approximate surface area is 119 Å². The summed E-state index contributed by atoms with van der Waals surface area (Å²) in [6.45, 7) is 3.20. The highest BCUT2D eigenvalue weighted by atomic mass is 32.2. The van der Waals surface area contributed by atoms with Gasteiger partial charge in [-0.05, 0) is 31.5 Å². The predicted molar refractivity (Wildman–Crippen MR) is 76.2 cm³/mol. The molecule has 0 spiro atoms. The summed E-state index contributed by atoms with van der Waals surface area (Å²) in [6, 6.07) is 4.62. The summed E-state index contributed by atoms with van der Waals surface area (Å²) in [6.07, 6.45) is 0.549. The van der Waals surface area contributed by atoms with Crippen molar-refractivity contribution in [2.75, 3.05) is 32.5 Å². The van der Waals surface area contributed by atoms with Gasteiger partial charge in [0, 0.05) is 25.4 Å². The fourth-order valence-electron chi connectivity index (χ4n) is 2.21. The van der Waals surface area contributed by atoms with Crippen molar-refractivity contribution in [3.8, 4) is 5.75 Å². The molecule has 0 amide bonds. The number of nitrogens with two attached hydrogens (primary N) is 1. The monoisotopic (exact) mass is 300 g/mol. The van der Waals surface area contributed by atoms with Crippen molar-refractivity contribution in [1.29, 1.82) is 0 Å². The Morgan fingerprint density at radius 2 is 2.20 bits per heavy atom. The van der Waals surface area contributed by atoms with Crippen molar-refractivity contribution < 1.29 is 17.9 Å². The number of methoxy groups -OCH3 is 1. The van der Waals surface area contributed by atoms with Gasteiger partial charge < -0.3 is 15.2 Å². The van der Waals surface area contributed by atoms with Gasteiger partial charge in [0.05, 0.1) is 13.2 Å². The molecule has 0 aliphatic carbocycles. The van der Waals surface area contributed by atoms with Gasteiger partial charge in [-0.1, -0.05) is 0 Å². The summed E-state index contributed by atoms with van der Waals surface area (Å²) in [7, 11) is -2.19. The minimum Gasteiger partial charge on any atom is -0.495 e. The van der Waals surface area contributed by atoms with E-state index in [0.717, 1.165) is 0 Å². The van der Waals surface area contributed by atoms with E-state index in [1.807, 2.05) is 6.92 Å². The van der Waals surface area contributed by atoms with E-state index in [0.29, 0.717) is 37.6 Å². The molecule has 1 unspecified atom stereocenters. The summed E-state index contributed by atoms with van der Waals surface area (Å²) in [5.41, 5.74) is 6.10. The van der Waals surface area contributed by atoms with Crippen LogP contribution in [0.4, 0.5) is 5.69 Å². The Balaban J connectivity index is 2.41. The van der Waals surface area contributed by atoms with Crippen LogP contribution in [0.15, 0.2) is 23.1 Å². The number of sulfonamides is 1. The molecule has 7 heteroatoms. The van der Waals surface area contributed by atoms with E-state index >= 15 is 0 Å². The van der Waals surface area contributed by atoms with Crippen LogP contribution in [0.25, 0.3) is 0 Å². The molecule has 1 atom stereocenters. The maximum atomic E-state index is 12.8. The van der Waals surface area contributed by atoms with Gasteiger partial charge in [0.2, 0.25) is 10.0 Å². The van der Waals surface area contributed by atoms with Gasteiger partial charge in [0.15, 0.2) is 0 Å². The number of ether oxygens (including phenoxy) is 2. The van der Waals surface area contributed by atoms with Gasteiger partial charge in [-0.15, -0.1) is 0 Å². The summed E-state index contributed by atoms with van der Waals surface area (Å²) in [5, 5.41) is 0. The summed E-state index contributed by atoms with van der Waals surface area (Å²) in [5.74, 6) is 0.303. The molecule has 112 valence electrons. The number of nitrogens with zero attached hydrogens (tertiary/aromatic N) is 1. The highest BCUT2D eigenvalue weighted by Gasteiger charge is 2.30. The molecule has 1 fully saturated rings. The topological polar surface area (TPSA) is 81.9 Å². The molecule has 20 heavy (non-hydrogen) atoms. The standard InChI is InChI=1S/C13H20N2O4S/c1-10-9-15(6-3-7-19-10)20(16,17)13-8-11(14)4-5-12(13)18-2/h4-5,8,10H,3,6-7,9,14H2,1-2H3. The van der Waals surface area contributed by atoms with Crippen LogP contribution in [-0.4, -0.2) is 45.6 Å². The lowest BCUT2D eigenvalue weighted by atomic mass is 10.3. The van der Waals surface area contributed by atoms with Crippen molar-refractivity contribution >= 4 is 15.7 Å². The van der Waals surface area contributed by atoms with Crippen molar-refractivity contribution in [3.63, 3.8) is 0 Å². The van der Waals surface area contributed by atoms with Gasteiger partial charge in [-0.2, -0.15) is 4.31 Å². The SMILES string of the molecule is COc1ccc(N)cc1S(=O)(=O)N1CCCOC(C)C1. The average molecular weight is 300 g/mol. The van der Waals surface area contributed by atoms with Crippen LogP contribution >= 0.6 is 0 Å². The van der Waals surface area contributed by atoms with Crippen molar-refractivity contribution in [2.24, 2.45) is 0 Å². The van der Waals surface area contributed by atoms with Gasteiger partial charge in [0.25, 0.3) is 0 Å². The fraction of sp³-hybridized carbons (Fsp3) is 0.538. The molecule has 0 aromatic heterocycles. The number of rotatable bonds is 3. The molecule has 1 aliphatic rings. The van der Waals surface area contributed by atoms with E-state index < -0.39 is 10.0 Å². The first-order chi connectivity index (χ1) is 9.45. The molecule has 1 aromatic rings. The molecule has 1 saturated heterocycles. The maximum absolute atomic E-state index is 12.8. The second kappa shape index (κ2) is 5.99. The van der Waals surface area contributed by atoms with E-state index in [-0.39, 0.29) is 11.0 Å². The second-order valence-corrected chi connectivity index (χ2v) is 6.71. The molecule has 1 heterocycles. The Hall–Kier alpha value is -1.31. The van der Waals surface area contributed by atoms with E-state index in [2.05, 4.69) is 0 Å². The van der Waals surface area contributed by atoms with E-state index in [4.69, 9.17) is 15.2 Å². The molecular weight excluding hydrogens is 280 g/mol. The number of hydrogen-bond donors (Lipinski definition) is 1. The summed E-state index contributed by atoms with van der Waals surface area (Å²) in [4.78, 5) is 0.106. The van der Waals surface area contributed by atoms with Crippen LogP contribution in [0, 0.1) is 0 Å². The smallest absolute Gasteiger partial charge is 0.246 e. The zero-order valence-electron chi connectivity index (χ0n) is 11.7. The molecular formula is C13H20N2O4S. The first kappa shape index (κ1) is 15.1. The molecule has 2 rings (SSSR count). The lowest BCUT2D eigenvalue weighted by Gasteiger charge is -2.22. The largest absolute Gasteiger partial charge is 0.495 e.